The van der Waals surface area contributed by atoms with Gasteiger partial charge in [0.2, 0.25) is 0 Å². The van der Waals surface area contributed by atoms with Crippen molar-refractivity contribution in [3.63, 3.8) is 0 Å². The Morgan fingerprint density at radius 3 is 2.65 bits per heavy atom. The molecular weight excluding hydrogens is 276 g/mol. The Labute approximate surface area is 124 Å². The molecule has 0 aromatic carbocycles. The second-order valence-electron chi connectivity index (χ2n) is 4.91. The molecule has 0 saturated carbocycles. The topological polar surface area (TPSA) is 62.0 Å². The number of pyridine rings is 1. The van der Waals surface area contributed by atoms with Crippen LogP contribution in [0.4, 0.5) is 0 Å². The molecule has 0 unspecified atom stereocenters. The summed E-state index contributed by atoms with van der Waals surface area (Å²) < 4.78 is 0. The summed E-state index contributed by atoms with van der Waals surface area (Å²) >= 11 is 6.05. The van der Waals surface area contributed by atoms with E-state index in [9.17, 15) is 9.59 Å². The van der Waals surface area contributed by atoms with Crippen LogP contribution in [0.25, 0.3) is 0 Å². The number of aromatic nitrogens is 1. The van der Waals surface area contributed by atoms with Crippen molar-refractivity contribution >= 4 is 17.5 Å². The summed E-state index contributed by atoms with van der Waals surface area (Å²) in [7, 11) is 0. The number of hydrogen-bond acceptors (Lipinski definition) is 2. The summed E-state index contributed by atoms with van der Waals surface area (Å²) in [5, 5.41) is 3.34. The van der Waals surface area contributed by atoms with Crippen molar-refractivity contribution in [1.29, 1.82) is 0 Å². The van der Waals surface area contributed by atoms with Crippen molar-refractivity contribution in [1.82, 2.24) is 10.3 Å². The molecule has 0 aliphatic rings. The van der Waals surface area contributed by atoms with Crippen molar-refractivity contribution < 1.29 is 4.79 Å². The number of hydrogen-bond donors (Lipinski definition) is 2. The molecule has 0 radical (unpaired) electrons. The van der Waals surface area contributed by atoms with Crippen LogP contribution in [0.15, 0.2) is 10.9 Å². The second-order valence-corrected chi connectivity index (χ2v) is 5.32. The molecule has 5 heteroatoms. The van der Waals surface area contributed by atoms with Crippen LogP contribution < -0.4 is 10.9 Å². The van der Waals surface area contributed by atoms with Gasteiger partial charge in [0.15, 0.2) is 0 Å². The highest BCUT2D eigenvalue weighted by atomic mass is 35.5. The predicted molar refractivity (Wildman–Crippen MR) is 82.5 cm³/mol. The maximum atomic E-state index is 12.2. The fraction of sp³-hybridized carbons (Fsp3) is 0.600. The number of nitrogens with one attached hydrogen (secondary N) is 2. The van der Waals surface area contributed by atoms with Gasteiger partial charge < -0.3 is 10.3 Å². The Morgan fingerprint density at radius 2 is 2.10 bits per heavy atom. The van der Waals surface area contributed by atoms with E-state index in [1.165, 1.54) is 6.07 Å². The molecule has 2 N–H and O–H groups in total. The number of aryl methyl sites for hydroxylation is 1. The van der Waals surface area contributed by atoms with Crippen LogP contribution in [0.2, 0.25) is 5.02 Å². The third kappa shape index (κ3) is 4.37. The van der Waals surface area contributed by atoms with E-state index in [1.54, 1.807) is 0 Å². The van der Waals surface area contributed by atoms with Crippen molar-refractivity contribution in [2.45, 2.75) is 58.9 Å². The molecule has 1 heterocycles. The Bertz CT molecular complexity index is 511. The quantitative estimate of drug-likeness (QED) is 0.811. The van der Waals surface area contributed by atoms with Gasteiger partial charge in [0.05, 0.1) is 5.02 Å². The molecule has 0 fully saturated rings. The van der Waals surface area contributed by atoms with Crippen molar-refractivity contribution in [3.8, 4) is 0 Å². The van der Waals surface area contributed by atoms with E-state index in [2.05, 4.69) is 17.2 Å². The fourth-order valence-electron chi connectivity index (χ4n) is 2.06. The SMILES string of the molecule is CCCC[C@H](CC)NC(=O)c1cc(Cl)c(CC)[nH]c1=O. The normalized spacial score (nSPS) is 12.2. The van der Waals surface area contributed by atoms with Gasteiger partial charge >= 0.3 is 0 Å². The lowest BCUT2D eigenvalue weighted by Crippen LogP contribution is -2.37. The average Bonchev–Trinajstić information content (AvgIpc) is 2.44. The first-order valence-corrected chi connectivity index (χ1v) is 7.63. The zero-order valence-corrected chi connectivity index (χ0v) is 13.1. The first kappa shape index (κ1) is 16.8. The van der Waals surface area contributed by atoms with Crippen LogP contribution in [0.3, 0.4) is 0 Å². The minimum absolute atomic E-state index is 0.0853. The predicted octanol–water partition coefficient (Wildman–Crippen LogP) is 3.29. The number of rotatable bonds is 7. The molecule has 1 aromatic rings. The van der Waals surface area contributed by atoms with Crippen LogP contribution in [0.1, 0.15) is 62.5 Å². The van der Waals surface area contributed by atoms with Gasteiger partial charge in [-0.25, -0.2) is 0 Å². The average molecular weight is 299 g/mol. The lowest BCUT2D eigenvalue weighted by molar-refractivity contribution is 0.0931. The molecule has 0 saturated heterocycles. The van der Waals surface area contributed by atoms with E-state index >= 15 is 0 Å². The minimum Gasteiger partial charge on any atom is -0.349 e. The van der Waals surface area contributed by atoms with Crippen LogP contribution >= 0.6 is 11.6 Å². The number of unbranched alkanes of at least 4 members (excludes halogenated alkanes) is 1. The number of halogens is 1. The van der Waals surface area contributed by atoms with E-state index in [0.717, 1.165) is 25.7 Å². The molecule has 1 amide bonds. The van der Waals surface area contributed by atoms with E-state index in [4.69, 9.17) is 11.6 Å². The summed E-state index contributed by atoms with van der Waals surface area (Å²) in [6, 6.07) is 1.56. The van der Waals surface area contributed by atoms with Crippen molar-refractivity contribution in [2.75, 3.05) is 0 Å². The molecule has 112 valence electrons. The molecule has 0 aliphatic carbocycles. The van der Waals surface area contributed by atoms with Gasteiger partial charge in [-0.05, 0) is 25.3 Å². The summed E-state index contributed by atoms with van der Waals surface area (Å²) in [5.74, 6) is -0.348. The first-order chi connectivity index (χ1) is 9.53. The Balaban J connectivity index is 2.86. The molecule has 1 aromatic heterocycles. The largest absolute Gasteiger partial charge is 0.349 e. The van der Waals surface area contributed by atoms with Gasteiger partial charge in [0, 0.05) is 11.7 Å². The molecule has 4 nitrogen and oxygen atoms in total. The molecule has 0 spiro atoms. The highest BCUT2D eigenvalue weighted by Gasteiger charge is 2.16. The van der Waals surface area contributed by atoms with Gasteiger partial charge in [-0.15, -0.1) is 0 Å². The molecule has 0 aliphatic heterocycles. The number of carbonyl (C=O) groups is 1. The lowest BCUT2D eigenvalue weighted by Gasteiger charge is -2.16. The van der Waals surface area contributed by atoms with E-state index in [1.807, 2.05) is 13.8 Å². The Morgan fingerprint density at radius 1 is 1.40 bits per heavy atom. The van der Waals surface area contributed by atoms with E-state index in [0.29, 0.717) is 17.1 Å². The van der Waals surface area contributed by atoms with Gasteiger partial charge in [0.25, 0.3) is 11.5 Å². The van der Waals surface area contributed by atoms with Gasteiger partial charge in [-0.3, -0.25) is 9.59 Å². The molecular formula is C15H23ClN2O2. The van der Waals surface area contributed by atoms with Crippen LogP contribution in [0.5, 0.6) is 0 Å². The smallest absolute Gasteiger partial charge is 0.261 e. The van der Waals surface area contributed by atoms with Gasteiger partial charge in [-0.1, -0.05) is 45.2 Å². The summed E-state index contributed by atoms with van der Waals surface area (Å²) in [5.41, 5.74) is 0.363. The molecule has 0 bridgehead atoms. The Kier molecular flexibility index (Phi) is 6.79. The van der Waals surface area contributed by atoms with Crippen LogP contribution in [-0.4, -0.2) is 16.9 Å². The summed E-state index contributed by atoms with van der Waals surface area (Å²) in [4.78, 5) is 26.7. The maximum Gasteiger partial charge on any atom is 0.261 e. The van der Waals surface area contributed by atoms with Crippen molar-refractivity contribution in [3.05, 3.63) is 32.7 Å². The van der Waals surface area contributed by atoms with Gasteiger partial charge in [-0.2, -0.15) is 0 Å². The zero-order valence-electron chi connectivity index (χ0n) is 12.4. The zero-order chi connectivity index (χ0) is 15.1. The maximum absolute atomic E-state index is 12.2. The third-order valence-corrected chi connectivity index (χ3v) is 3.74. The van der Waals surface area contributed by atoms with E-state index < -0.39 is 0 Å². The lowest BCUT2D eigenvalue weighted by atomic mass is 10.1. The number of amides is 1. The molecule has 20 heavy (non-hydrogen) atoms. The Hall–Kier alpha value is -1.29. The second kappa shape index (κ2) is 8.10. The first-order valence-electron chi connectivity index (χ1n) is 7.25. The monoisotopic (exact) mass is 298 g/mol. The van der Waals surface area contributed by atoms with E-state index in [-0.39, 0.29) is 23.1 Å². The summed E-state index contributed by atoms with van der Waals surface area (Å²) in [6.45, 7) is 6.04. The standard InChI is InChI=1S/C15H23ClN2O2/c1-4-7-8-10(5-2)17-14(19)11-9-12(16)13(6-3)18-15(11)20/h9-10H,4-8H2,1-3H3,(H,17,19)(H,18,20)/t10-/m0/s1. The fourth-order valence-corrected chi connectivity index (χ4v) is 2.35. The number of carbonyl (C=O) groups excluding carboxylic acids is 1. The third-order valence-electron chi connectivity index (χ3n) is 3.40. The highest BCUT2D eigenvalue weighted by molar-refractivity contribution is 6.31. The van der Waals surface area contributed by atoms with Crippen LogP contribution in [-0.2, 0) is 6.42 Å². The molecule has 1 rings (SSSR count). The summed E-state index contributed by atoms with van der Waals surface area (Å²) in [6.07, 6.45) is 4.56. The highest BCUT2D eigenvalue weighted by Crippen LogP contribution is 2.14. The van der Waals surface area contributed by atoms with Crippen LogP contribution in [0, 0.1) is 0 Å². The number of H-pyrrole nitrogens is 1. The van der Waals surface area contributed by atoms with Gasteiger partial charge in [0.1, 0.15) is 5.56 Å². The molecule has 1 atom stereocenters. The number of aromatic amines is 1. The minimum atomic E-state index is -0.380. The van der Waals surface area contributed by atoms with Crippen molar-refractivity contribution in [2.24, 2.45) is 0 Å².